The zero-order valence-corrected chi connectivity index (χ0v) is 10.8. The van der Waals surface area contributed by atoms with Crippen LogP contribution in [0.25, 0.3) is 0 Å². The van der Waals surface area contributed by atoms with Crippen molar-refractivity contribution in [3.63, 3.8) is 0 Å². The minimum Gasteiger partial charge on any atom is -0.507 e. The fourth-order valence-corrected chi connectivity index (χ4v) is 1.67. The third kappa shape index (κ3) is 2.98. The van der Waals surface area contributed by atoms with Crippen LogP contribution in [0.4, 0.5) is 0 Å². The molecule has 92 valence electrons. The van der Waals surface area contributed by atoms with E-state index >= 15 is 0 Å². The first-order valence-electron chi connectivity index (χ1n) is 5.11. The number of halogens is 1. The maximum Gasteiger partial charge on any atom is 0.272 e. The molecular formula is C12H10BrN3O2. The maximum absolute atomic E-state index is 11.5. The highest BCUT2D eigenvalue weighted by Crippen LogP contribution is 2.20. The topological polar surface area (TPSA) is 77.5 Å². The molecule has 0 unspecified atom stereocenters. The van der Waals surface area contributed by atoms with Gasteiger partial charge in [-0.15, -0.1) is 0 Å². The number of phenols is 1. The standard InChI is InChI=1S/C12H10BrN3O2/c13-10-2-1-8(11(17)5-10)7-15-16-12(18)9-3-4-14-6-9/h1-7,14,17H,(H,16,18)/b15-7+. The van der Waals surface area contributed by atoms with Gasteiger partial charge in [0.15, 0.2) is 0 Å². The van der Waals surface area contributed by atoms with Crippen molar-refractivity contribution < 1.29 is 9.90 Å². The van der Waals surface area contributed by atoms with Crippen LogP contribution in [0.2, 0.25) is 0 Å². The first-order valence-corrected chi connectivity index (χ1v) is 5.91. The van der Waals surface area contributed by atoms with Gasteiger partial charge in [-0.25, -0.2) is 5.43 Å². The number of aromatic amines is 1. The molecule has 1 amide bonds. The summed E-state index contributed by atoms with van der Waals surface area (Å²) in [4.78, 5) is 14.3. The van der Waals surface area contributed by atoms with E-state index in [0.717, 1.165) is 4.47 Å². The largest absolute Gasteiger partial charge is 0.507 e. The lowest BCUT2D eigenvalue weighted by atomic mass is 10.2. The van der Waals surface area contributed by atoms with E-state index in [9.17, 15) is 9.90 Å². The average Bonchev–Trinajstić information content (AvgIpc) is 2.85. The molecule has 0 atom stereocenters. The molecule has 6 heteroatoms. The van der Waals surface area contributed by atoms with Crippen LogP contribution >= 0.6 is 15.9 Å². The Morgan fingerprint density at radius 3 is 2.94 bits per heavy atom. The summed E-state index contributed by atoms with van der Waals surface area (Å²) in [5, 5.41) is 13.4. The molecule has 18 heavy (non-hydrogen) atoms. The predicted octanol–water partition coefficient (Wildman–Crippen LogP) is 2.25. The average molecular weight is 308 g/mol. The molecule has 0 saturated carbocycles. The van der Waals surface area contributed by atoms with Gasteiger partial charge in [0.1, 0.15) is 5.75 Å². The van der Waals surface area contributed by atoms with E-state index in [-0.39, 0.29) is 11.7 Å². The number of aromatic hydroxyl groups is 1. The number of H-pyrrole nitrogens is 1. The van der Waals surface area contributed by atoms with E-state index < -0.39 is 0 Å². The Morgan fingerprint density at radius 2 is 2.28 bits per heavy atom. The van der Waals surface area contributed by atoms with Crippen LogP contribution in [0.15, 0.2) is 46.2 Å². The van der Waals surface area contributed by atoms with Gasteiger partial charge in [0.05, 0.1) is 11.8 Å². The Bertz CT molecular complexity index is 579. The molecule has 0 spiro atoms. The van der Waals surface area contributed by atoms with E-state index in [2.05, 4.69) is 31.4 Å². The molecule has 1 aromatic heterocycles. The molecule has 0 aliphatic rings. The summed E-state index contributed by atoms with van der Waals surface area (Å²) in [7, 11) is 0. The summed E-state index contributed by atoms with van der Waals surface area (Å²) in [6.07, 6.45) is 4.60. The number of carbonyl (C=O) groups excluding carboxylic acids is 1. The zero-order chi connectivity index (χ0) is 13.0. The maximum atomic E-state index is 11.5. The van der Waals surface area contributed by atoms with Gasteiger partial charge < -0.3 is 10.1 Å². The molecule has 2 rings (SSSR count). The summed E-state index contributed by atoms with van der Waals surface area (Å²) in [6.45, 7) is 0. The third-order valence-corrected chi connectivity index (χ3v) is 2.72. The van der Waals surface area contributed by atoms with Gasteiger partial charge >= 0.3 is 0 Å². The number of hydrazone groups is 1. The molecule has 0 radical (unpaired) electrons. The van der Waals surface area contributed by atoms with E-state index in [1.54, 1.807) is 36.7 Å². The Kier molecular flexibility index (Phi) is 3.78. The Balaban J connectivity index is 2.01. The first-order chi connectivity index (χ1) is 8.66. The van der Waals surface area contributed by atoms with Gasteiger partial charge in [0.2, 0.25) is 0 Å². The fourth-order valence-electron chi connectivity index (χ4n) is 1.32. The number of hydrogen-bond acceptors (Lipinski definition) is 3. The summed E-state index contributed by atoms with van der Waals surface area (Å²) in [5.74, 6) is -0.229. The van der Waals surface area contributed by atoms with Crippen molar-refractivity contribution in [1.29, 1.82) is 0 Å². The SMILES string of the molecule is O=C(N/N=C/c1ccc(Br)cc1O)c1cc[nH]c1. The summed E-state index contributed by atoms with van der Waals surface area (Å²) in [5.41, 5.74) is 3.38. The third-order valence-electron chi connectivity index (χ3n) is 2.22. The molecule has 2 aromatic rings. The number of nitrogens with one attached hydrogen (secondary N) is 2. The van der Waals surface area contributed by atoms with Crippen LogP contribution in [-0.4, -0.2) is 22.2 Å². The molecule has 0 aliphatic carbocycles. The first kappa shape index (κ1) is 12.4. The van der Waals surface area contributed by atoms with Gasteiger partial charge in [-0.1, -0.05) is 15.9 Å². The van der Waals surface area contributed by atoms with Crippen molar-refractivity contribution in [1.82, 2.24) is 10.4 Å². The predicted molar refractivity (Wildman–Crippen MR) is 71.7 cm³/mol. The number of hydrogen-bond donors (Lipinski definition) is 3. The van der Waals surface area contributed by atoms with E-state index in [4.69, 9.17) is 0 Å². The van der Waals surface area contributed by atoms with Gasteiger partial charge in [-0.3, -0.25) is 4.79 Å². The highest BCUT2D eigenvalue weighted by molar-refractivity contribution is 9.10. The van der Waals surface area contributed by atoms with Gasteiger partial charge in [-0.2, -0.15) is 5.10 Å². The molecule has 0 aliphatic heterocycles. The highest BCUT2D eigenvalue weighted by atomic mass is 79.9. The van der Waals surface area contributed by atoms with Gasteiger partial charge in [-0.05, 0) is 24.3 Å². The molecule has 0 bridgehead atoms. The number of carbonyl (C=O) groups is 1. The van der Waals surface area contributed by atoms with Gasteiger partial charge in [0, 0.05) is 22.4 Å². The summed E-state index contributed by atoms with van der Waals surface area (Å²) < 4.78 is 0.772. The lowest BCUT2D eigenvalue weighted by molar-refractivity contribution is 0.0955. The fraction of sp³-hybridized carbons (Fsp3) is 0. The van der Waals surface area contributed by atoms with E-state index in [1.165, 1.54) is 6.21 Å². The van der Waals surface area contributed by atoms with Crippen molar-refractivity contribution in [3.05, 3.63) is 52.3 Å². The quantitative estimate of drug-likeness (QED) is 0.601. The number of nitrogens with zero attached hydrogens (tertiary/aromatic N) is 1. The molecule has 3 N–H and O–H groups in total. The zero-order valence-electron chi connectivity index (χ0n) is 9.22. The number of phenolic OH excluding ortho intramolecular Hbond substituents is 1. The summed E-state index contributed by atoms with van der Waals surface area (Å²) >= 11 is 3.24. The number of benzene rings is 1. The second-order valence-corrected chi connectivity index (χ2v) is 4.42. The van der Waals surface area contributed by atoms with Crippen molar-refractivity contribution in [3.8, 4) is 5.75 Å². The van der Waals surface area contributed by atoms with E-state index in [0.29, 0.717) is 11.1 Å². The van der Waals surface area contributed by atoms with E-state index in [1.807, 2.05) is 0 Å². The Hall–Kier alpha value is -2.08. The highest BCUT2D eigenvalue weighted by Gasteiger charge is 2.03. The molecule has 1 aromatic carbocycles. The lowest BCUT2D eigenvalue weighted by Gasteiger charge is -1.99. The van der Waals surface area contributed by atoms with Crippen LogP contribution in [0.1, 0.15) is 15.9 Å². The molecular weight excluding hydrogens is 298 g/mol. The Morgan fingerprint density at radius 1 is 1.44 bits per heavy atom. The van der Waals surface area contributed by atoms with Crippen molar-refractivity contribution in [2.75, 3.05) is 0 Å². The van der Waals surface area contributed by atoms with Gasteiger partial charge in [0.25, 0.3) is 5.91 Å². The lowest BCUT2D eigenvalue weighted by Crippen LogP contribution is -2.16. The van der Waals surface area contributed by atoms with Crippen LogP contribution in [0.3, 0.4) is 0 Å². The monoisotopic (exact) mass is 307 g/mol. The van der Waals surface area contributed by atoms with Crippen molar-refractivity contribution in [2.45, 2.75) is 0 Å². The number of aromatic nitrogens is 1. The smallest absolute Gasteiger partial charge is 0.272 e. The minimum absolute atomic E-state index is 0.0871. The molecule has 0 fully saturated rings. The van der Waals surface area contributed by atoms with Crippen LogP contribution < -0.4 is 5.43 Å². The molecule has 5 nitrogen and oxygen atoms in total. The van der Waals surface area contributed by atoms with Crippen LogP contribution in [0, 0.1) is 0 Å². The molecule has 0 saturated heterocycles. The number of rotatable bonds is 3. The van der Waals surface area contributed by atoms with Crippen molar-refractivity contribution in [2.24, 2.45) is 5.10 Å². The minimum atomic E-state index is -0.316. The van der Waals surface area contributed by atoms with Crippen molar-refractivity contribution >= 4 is 28.1 Å². The number of amides is 1. The molecule has 1 heterocycles. The summed E-state index contributed by atoms with van der Waals surface area (Å²) in [6, 6.07) is 6.65. The second kappa shape index (κ2) is 5.50. The van der Waals surface area contributed by atoms with Crippen LogP contribution in [-0.2, 0) is 0 Å². The normalized spacial score (nSPS) is 10.7. The second-order valence-electron chi connectivity index (χ2n) is 3.50. The van der Waals surface area contributed by atoms with Crippen LogP contribution in [0.5, 0.6) is 5.75 Å². The Labute approximate surface area is 112 Å².